The number of hydrogen-bond acceptors (Lipinski definition) is 6. The van der Waals surface area contributed by atoms with E-state index in [0.717, 1.165) is 0 Å². The van der Waals surface area contributed by atoms with Crippen LogP contribution in [0.25, 0.3) is 5.76 Å². The highest BCUT2D eigenvalue weighted by Gasteiger charge is 2.47. The molecule has 1 fully saturated rings. The van der Waals surface area contributed by atoms with Crippen molar-refractivity contribution in [3.05, 3.63) is 89.8 Å². The Morgan fingerprint density at radius 2 is 1.79 bits per heavy atom. The van der Waals surface area contributed by atoms with Gasteiger partial charge in [0.2, 0.25) is 5.91 Å². The molecule has 0 spiro atoms. The predicted molar refractivity (Wildman–Crippen MR) is 123 cm³/mol. The number of nitrogens with zero attached hydrogens (tertiary/aromatic N) is 2. The number of benzene rings is 2. The molecule has 33 heavy (non-hydrogen) atoms. The maximum atomic E-state index is 13.2. The van der Waals surface area contributed by atoms with Crippen molar-refractivity contribution in [3.8, 4) is 5.75 Å². The number of Topliss-reactive ketones (excluding diaryl/α,β-unsaturated/α-hetero) is 1. The van der Waals surface area contributed by atoms with Crippen LogP contribution in [0.2, 0.25) is 0 Å². The Bertz CT molecular complexity index is 1270. The lowest BCUT2D eigenvalue weighted by Gasteiger charge is -2.25. The number of aliphatic hydroxyl groups excluding tert-OH is 1. The first kappa shape index (κ1) is 21.8. The number of nitrogens with one attached hydrogen (secondary N) is 1. The molecule has 1 unspecified atom stereocenters. The minimum absolute atomic E-state index is 0.0689. The summed E-state index contributed by atoms with van der Waals surface area (Å²) in [6, 6.07) is 15.8. The van der Waals surface area contributed by atoms with Crippen molar-refractivity contribution in [2.24, 2.45) is 0 Å². The Balaban J connectivity index is 1.93. The number of carbonyl (C=O) groups excluding carboxylic acids is 3. The highest BCUT2D eigenvalue weighted by molar-refractivity contribution is 6.51. The highest BCUT2D eigenvalue weighted by atomic mass is 16.5. The SMILES string of the molecule is COc1ccccc1/C(O)=C1\C(=O)C(=O)N(c2cccc(NC(C)=O)c2)C1c1ccncc1. The predicted octanol–water partition coefficient (Wildman–Crippen LogP) is 3.67. The zero-order valence-electron chi connectivity index (χ0n) is 18.0. The monoisotopic (exact) mass is 443 g/mol. The number of hydrogen-bond donors (Lipinski definition) is 2. The van der Waals surface area contributed by atoms with Gasteiger partial charge >= 0.3 is 0 Å². The van der Waals surface area contributed by atoms with E-state index in [1.165, 1.54) is 18.9 Å². The summed E-state index contributed by atoms with van der Waals surface area (Å²) in [5.74, 6) is -1.87. The second-order valence-electron chi connectivity index (χ2n) is 7.38. The van der Waals surface area contributed by atoms with E-state index in [1.54, 1.807) is 73.1 Å². The van der Waals surface area contributed by atoms with Crippen LogP contribution >= 0.6 is 0 Å². The van der Waals surface area contributed by atoms with Gasteiger partial charge in [-0.3, -0.25) is 24.3 Å². The van der Waals surface area contributed by atoms with Crippen LogP contribution in [0.1, 0.15) is 24.1 Å². The topological polar surface area (TPSA) is 109 Å². The van der Waals surface area contributed by atoms with Crippen molar-refractivity contribution >= 4 is 34.7 Å². The first-order chi connectivity index (χ1) is 15.9. The molecule has 0 bridgehead atoms. The lowest BCUT2D eigenvalue weighted by atomic mass is 9.95. The number of pyridine rings is 1. The fourth-order valence-corrected chi connectivity index (χ4v) is 3.88. The van der Waals surface area contributed by atoms with Crippen molar-refractivity contribution in [2.45, 2.75) is 13.0 Å². The van der Waals surface area contributed by atoms with Crippen molar-refractivity contribution in [2.75, 3.05) is 17.3 Å². The second-order valence-corrected chi connectivity index (χ2v) is 7.38. The number of amides is 2. The van der Waals surface area contributed by atoms with Gasteiger partial charge in [-0.2, -0.15) is 0 Å². The van der Waals surface area contributed by atoms with Crippen LogP contribution in [0, 0.1) is 0 Å². The largest absolute Gasteiger partial charge is 0.507 e. The number of aromatic nitrogens is 1. The summed E-state index contributed by atoms with van der Waals surface area (Å²) >= 11 is 0. The first-order valence-electron chi connectivity index (χ1n) is 10.1. The van der Waals surface area contributed by atoms with Gasteiger partial charge in [0, 0.05) is 30.7 Å². The molecule has 0 saturated carbocycles. The molecule has 8 heteroatoms. The fourth-order valence-electron chi connectivity index (χ4n) is 3.88. The molecule has 1 aromatic heterocycles. The van der Waals surface area contributed by atoms with Gasteiger partial charge in [-0.25, -0.2) is 0 Å². The Hall–Kier alpha value is -4.46. The molecule has 4 rings (SSSR count). The number of ketones is 1. The van der Waals surface area contributed by atoms with Gasteiger partial charge in [0.1, 0.15) is 11.5 Å². The van der Waals surface area contributed by atoms with Crippen LogP contribution < -0.4 is 15.0 Å². The third-order valence-electron chi connectivity index (χ3n) is 5.27. The number of aliphatic hydroxyl groups is 1. The molecule has 2 N–H and O–H groups in total. The number of anilines is 2. The van der Waals surface area contributed by atoms with E-state index in [1.807, 2.05) is 0 Å². The van der Waals surface area contributed by atoms with Crippen molar-refractivity contribution in [1.82, 2.24) is 4.98 Å². The Kier molecular flexibility index (Phi) is 5.91. The van der Waals surface area contributed by atoms with Crippen LogP contribution in [0.4, 0.5) is 11.4 Å². The van der Waals surface area contributed by atoms with Crippen LogP contribution in [0.15, 0.2) is 78.6 Å². The van der Waals surface area contributed by atoms with Crippen molar-refractivity contribution in [3.63, 3.8) is 0 Å². The molecule has 166 valence electrons. The van der Waals surface area contributed by atoms with Crippen LogP contribution in [0.3, 0.4) is 0 Å². The third kappa shape index (κ3) is 4.06. The molecule has 0 radical (unpaired) electrons. The smallest absolute Gasteiger partial charge is 0.300 e. The Labute approximate surface area is 190 Å². The lowest BCUT2D eigenvalue weighted by molar-refractivity contribution is -0.132. The van der Waals surface area contributed by atoms with Gasteiger partial charge in [0.25, 0.3) is 11.7 Å². The van der Waals surface area contributed by atoms with Crippen LogP contribution in [-0.2, 0) is 14.4 Å². The molecule has 1 aliphatic rings. The molecule has 0 aliphatic carbocycles. The molecule has 2 aromatic carbocycles. The van der Waals surface area contributed by atoms with E-state index < -0.39 is 17.7 Å². The lowest BCUT2D eigenvalue weighted by Crippen LogP contribution is -2.29. The van der Waals surface area contributed by atoms with Gasteiger partial charge in [0.15, 0.2) is 0 Å². The Morgan fingerprint density at radius 3 is 2.48 bits per heavy atom. The van der Waals surface area contributed by atoms with E-state index >= 15 is 0 Å². The molecule has 8 nitrogen and oxygen atoms in total. The molecular formula is C25H21N3O5. The van der Waals surface area contributed by atoms with E-state index in [-0.39, 0.29) is 17.2 Å². The number of ether oxygens (including phenoxy) is 1. The second kappa shape index (κ2) is 8.96. The van der Waals surface area contributed by atoms with Crippen LogP contribution in [0.5, 0.6) is 5.75 Å². The minimum Gasteiger partial charge on any atom is -0.507 e. The molecule has 2 amide bonds. The van der Waals surface area contributed by atoms with E-state index in [2.05, 4.69) is 10.3 Å². The average Bonchev–Trinajstić information content (AvgIpc) is 3.09. The number of para-hydroxylation sites is 1. The van der Waals surface area contributed by atoms with Gasteiger partial charge in [-0.05, 0) is 48.0 Å². The maximum Gasteiger partial charge on any atom is 0.300 e. The summed E-state index contributed by atoms with van der Waals surface area (Å²) in [6.07, 6.45) is 3.10. The fraction of sp³-hybridized carbons (Fsp3) is 0.120. The highest BCUT2D eigenvalue weighted by Crippen LogP contribution is 2.43. The summed E-state index contributed by atoms with van der Waals surface area (Å²) in [5.41, 5.74) is 1.68. The van der Waals surface area contributed by atoms with E-state index in [0.29, 0.717) is 28.3 Å². The van der Waals surface area contributed by atoms with Gasteiger partial charge in [-0.15, -0.1) is 0 Å². The number of rotatable bonds is 5. The summed E-state index contributed by atoms with van der Waals surface area (Å²) < 4.78 is 5.34. The summed E-state index contributed by atoms with van der Waals surface area (Å²) in [6.45, 7) is 1.38. The standard InChI is InChI=1S/C25H21N3O5/c1-15(29)27-17-6-5-7-18(14-17)28-22(16-10-12-26-13-11-16)21(24(31)25(28)32)23(30)19-8-3-4-9-20(19)33-2/h3-14,22,30H,1-2H3,(H,27,29)/b23-21+. The molecule has 2 heterocycles. The molecular weight excluding hydrogens is 422 g/mol. The van der Waals surface area contributed by atoms with Gasteiger partial charge in [-0.1, -0.05) is 18.2 Å². The van der Waals surface area contributed by atoms with Gasteiger partial charge in [0.05, 0.1) is 24.3 Å². The van der Waals surface area contributed by atoms with Crippen molar-refractivity contribution < 1.29 is 24.2 Å². The zero-order valence-corrected chi connectivity index (χ0v) is 18.0. The first-order valence-corrected chi connectivity index (χ1v) is 10.1. The Morgan fingerprint density at radius 1 is 1.06 bits per heavy atom. The van der Waals surface area contributed by atoms with Gasteiger partial charge < -0.3 is 15.2 Å². The maximum absolute atomic E-state index is 13.2. The quantitative estimate of drug-likeness (QED) is 0.354. The summed E-state index contributed by atoms with van der Waals surface area (Å²) in [5, 5.41) is 13.9. The molecule has 3 aromatic rings. The minimum atomic E-state index is -0.912. The number of carbonyl (C=O) groups is 3. The summed E-state index contributed by atoms with van der Waals surface area (Å²) in [7, 11) is 1.46. The molecule has 1 aliphatic heterocycles. The molecule has 1 atom stereocenters. The normalized spacial score (nSPS) is 17.2. The zero-order chi connectivity index (χ0) is 23.5. The third-order valence-corrected chi connectivity index (χ3v) is 5.27. The summed E-state index contributed by atoms with van der Waals surface area (Å²) in [4.78, 5) is 43.3. The number of methoxy groups -OCH3 is 1. The average molecular weight is 443 g/mol. The van der Waals surface area contributed by atoms with Crippen LogP contribution in [-0.4, -0.2) is 34.8 Å². The van der Waals surface area contributed by atoms with E-state index in [9.17, 15) is 19.5 Å². The molecule has 1 saturated heterocycles. The van der Waals surface area contributed by atoms with E-state index in [4.69, 9.17) is 4.74 Å². The van der Waals surface area contributed by atoms with Crippen molar-refractivity contribution in [1.29, 1.82) is 0 Å².